The molecule has 25 heavy (non-hydrogen) atoms. The number of hydrogen-bond donors (Lipinski definition) is 0. The number of carbonyl (C=O) groups is 2. The Morgan fingerprint density at radius 2 is 1.60 bits per heavy atom. The fourth-order valence-corrected chi connectivity index (χ4v) is 2.25. The molecular weight excluding hydrogens is 316 g/mol. The minimum atomic E-state index is -0.488. The molecule has 0 N–H and O–H groups in total. The Bertz CT molecular complexity index is 855. The van der Waals surface area contributed by atoms with Crippen LogP contribution in [0.3, 0.4) is 0 Å². The van der Waals surface area contributed by atoms with Gasteiger partial charge in [0.1, 0.15) is 24.4 Å². The van der Waals surface area contributed by atoms with E-state index in [-0.39, 0.29) is 0 Å². The second-order valence-corrected chi connectivity index (χ2v) is 5.38. The lowest BCUT2D eigenvalue weighted by Gasteiger charge is -2.08. The fraction of sp³-hybridized carbons (Fsp3) is 0.0476. The van der Waals surface area contributed by atoms with Crippen LogP contribution < -0.4 is 9.47 Å². The first kappa shape index (κ1) is 16.5. The van der Waals surface area contributed by atoms with Crippen LogP contribution in [-0.4, -0.2) is 12.3 Å². The fourth-order valence-electron chi connectivity index (χ4n) is 2.25. The molecule has 0 atom stereocenters. The molecule has 0 aliphatic rings. The second kappa shape index (κ2) is 7.93. The maximum absolute atomic E-state index is 12.2. The van der Waals surface area contributed by atoms with E-state index in [4.69, 9.17) is 9.47 Å². The van der Waals surface area contributed by atoms with Crippen LogP contribution in [0.2, 0.25) is 0 Å². The summed E-state index contributed by atoms with van der Waals surface area (Å²) >= 11 is 0. The normalized spacial score (nSPS) is 10.1. The molecule has 0 amide bonds. The predicted molar refractivity (Wildman–Crippen MR) is 94.0 cm³/mol. The van der Waals surface area contributed by atoms with Crippen molar-refractivity contribution in [3.63, 3.8) is 0 Å². The van der Waals surface area contributed by atoms with Crippen molar-refractivity contribution in [1.82, 2.24) is 0 Å². The summed E-state index contributed by atoms with van der Waals surface area (Å²) in [5.41, 5.74) is 1.93. The van der Waals surface area contributed by atoms with Crippen molar-refractivity contribution < 1.29 is 19.1 Å². The predicted octanol–water partition coefficient (Wildman–Crippen LogP) is 4.30. The summed E-state index contributed by atoms with van der Waals surface area (Å²) in [7, 11) is 0. The van der Waals surface area contributed by atoms with Gasteiger partial charge in [-0.1, -0.05) is 42.5 Å². The van der Waals surface area contributed by atoms with Crippen molar-refractivity contribution in [2.75, 3.05) is 0 Å². The van der Waals surface area contributed by atoms with E-state index < -0.39 is 5.97 Å². The van der Waals surface area contributed by atoms with E-state index in [1.165, 1.54) is 6.07 Å². The summed E-state index contributed by atoms with van der Waals surface area (Å²) in [5.74, 6) is 0.514. The molecule has 0 aliphatic heterocycles. The average molecular weight is 332 g/mol. The Labute approximate surface area is 145 Å². The van der Waals surface area contributed by atoms with Gasteiger partial charge in [0.25, 0.3) is 0 Å². The third-order valence-electron chi connectivity index (χ3n) is 3.54. The lowest BCUT2D eigenvalue weighted by Crippen LogP contribution is -2.08. The number of aldehydes is 1. The number of carbonyl (C=O) groups excluding carboxylic acids is 2. The van der Waals surface area contributed by atoms with E-state index >= 15 is 0 Å². The maximum Gasteiger partial charge on any atom is 0.343 e. The standard InChI is InChI=1S/C21H16O4/c22-14-17-7-4-8-20(13-17)25-21(23)18-9-11-19(12-10-18)24-15-16-5-2-1-3-6-16/h1-14H,15H2. The van der Waals surface area contributed by atoms with Gasteiger partial charge in [0.15, 0.2) is 0 Å². The van der Waals surface area contributed by atoms with Gasteiger partial charge in [-0.3, -0.25) is 4.79 Å². The molecule has 3 rings (SSSR count). The summed E-state index contributed by atoms with van der Waals surface area (Å²) in [6.45, 7) is 0.461. The Kier molecular flexibility index (Phi) is 5.22. The van der Waals surface area contributed by atoms with Crippen LogP contribution in [0.25, 0.3) is 0 Å². The van der Waals surface area contributed by atoms with Gasteiger partial charge in [-0.2, -0.15) is 0 Å². The molecule has 4 heteroatoms. The molecule has 0 heterocycles. The molecule has 0 saturated heterocycles. The number of rotatable bonds is 6. The Balaban J connectivity index is 1.61. The molecular formula is C21H16O4. The smallest absolute Gasteiger partial charge is 0.343 e. The summed E-state index contributed by atoms with van der Waals surface area (Å²) in [4.78, 5) is 22.9. The molecule has 124 valence electrons. The number of hydrogen-bond acceptors (Lipinski definition) is 4. The molecule has 0 aliphatic carbocycles. The van der Waals surface area contributed by atoms with Crippen LogP contribution in [0.1, 0.15) is 26.3 Å². The molecule has 3 aromatic carbocycles. The minimum absolute atomic E-state index is 0.332. The van der Waals surface area contributed by atoms with Gasteiger partial charge in [-0.05, 0) is 42.0 Å². The zero-order chi connectivity index (χ0) is 17.5. The highest BCUT2D eigenvalue weighted by Gasteiger charge is 2.09. The van der Waals surface area contributed by atoms with Crippen LogP contribution in [0.15, 0.2) is 78.9 Å². The molecule has 4 nitrogen and oxygen atoms in total. The molecule has 0 spiro atoms. The van der Waals surface area contributed by atoms with Crippen LogP contribution in [0.5, 0.6) is 11.5 Å². The van der Waals surface area contributed by atoms with Gasteiger partial charge in [0.05, 0.1) is 5.56 Å². The number of esters is 1. The largest absolute Gasteiger partial charge is 0.489 e. The van der Waals surface area contributed by atoms with Crippen molar-refractivity contribution in [3.8, 4) is 11.5 Å². The van der Waals surface area contributed by atoms with E-state index in [1.807, 2.05) is 30.3 Å². The zero-order valence-electron chi connectivity index (χ0n) is 13.4. The zero-order valence-corrected chi connectivity index (χ0v) is 13.4. The third-order valence-corrected chi connectivity index (χ3v) is 3.54. The third kappa shape index (κ3) is 4.54. The van der Waals surface area contributed by atoms with E-state index in [0.717, 1.165) is 5.56 Å². The highest BCUT2D eigenvalue weighted by atomic mass is 16.5. The number of benzene rings is 3. The van der Waals surface area contributed by atoms with Crippen molar-refractivity contribution in [2.24, 2.45) is 0 Å². The quantitative estimate of drug-likeness (QED) is 0.384. The molecule has 0 saturated carbocycles. The molecule has 0 bridgehead atoms. The lowest BCUT2D eigenvalue weighted by molar-refractivity contribution is 0.0734. The topological polar surface area (TPSA) is 52.6 Å². The SMILES string of the molecule is O=Cc1cccc(OC(=O)c2ccc(OCc3ccccc3)cc2)c1. The first-order chi connectivity index (χ1) is 12.2. The van der Waals surface area contributed by atoms with E-state index in [9.17, 15) is 9.59 Å². The van der Waals surface area contributed by atoms with Crippen LogP contribution in [0, 0.1) is 0 Å². The first-order valence-corrected chi connectivity index (χ1v) is 7.79. The van der Waals surface area contributed by atoms with Crippen LogP contribution >= 0.6 is 0 Å². The van der Waals surface area contributed by atoms with Gasteiger partial charge in [0.2, 0.25) is 0 Å². The summed E-state index contributed by atoms with van der Waals surface area (Å²) in [6.07, 6.45) is 0.705. The van der Waals surface area contributed by atoms with Crippen molar-refractivity contribution in [1.29, 1.82) is 0 Å². The van der Waals surface area contributed by atoms with E-state index in [1.54, 1.807) is 42.5 Å². The van der Waals surface area contributed by atoms with Crippen molar-refractivity contribution >= 4 is 12.3 Å². The average Bonchev–Trinajstić information content (AvgIpc) is 2.67. The molecule has 0 unspecified atom stereocenters. The summed E-state index contributed by atoms with van der Waals surface area (Å²) < 4.78 is 11.0. The minimum Gasteiger partial charge on any atom is -0.489 e. The van der Waals surface area contributed by atoms with Gasteiger partial charge in [0, 0.05) is 5.56 Å². The van der Waals surface area contributed by atoms with E-state index in [0.29, 0.717) is 35.5 Å². The highest BCUT2D eigenvalue weighted by molar-refractivity contribution is 5.91. The summed E-state index contributed by atoms with van der Waals surface area (Å²) in [5, 5.41) is 0. The van der Waals surface area contributed by atoms with Gasteiger partial charge in [-0.15, -0.1) is 0 Å². The molecule has 3 aromatic rings. The van der Waals surface area contributed by atoms with Crippen molar-refractivity contribution in [2.45, 2.75) is 6.61 Å². The molecule has 0 radical (unpaired) electrons. The highest BCUT2D eigenvalue weighted by Crippen LogP contribution is 2.17. The van der Waals surface area contributed by atoms with Gasteiger partial charge in [-0.25, -0.2) is 4.79 Å². The monoisotopic (exact) mass is 332 g/mol. The summed E-state index contributed by atoms with van der Waals surface area (Å²) in [6, 6.07) is 23.0. The maximum atomic E-state index is 12.2. The second-order valence-electron chi connectivity index (χ2n) is 5.38. The van der Waals surface area contributed by atoms with Gasteiger partial charge >= 0.3 is 5.97 Å². The Morgan fingerprint density at radius 3 is 2.32 bits per heavy atom. The van der Waals surface area contributed by atoms with Crippen molar-refractivity contribution in [3.05, 3.63) is 95.6 Å². The van der Waals surface area contributed by atoms with Gasteiger partial charge < -0.3 is 9.47 Å². The molecule has 0 aromatic heterocycles. The van der Waals surface area contributed by atoms with Crippen LogP contribution in [0.4, 0.5) is 0 Å². The van der Waals surface area contributed by atoms with Crippen LogP contribution in [-0.2, 0) is 6.61 Å². The molecule has 0 fully saturated rings. The first-order valence-electron chi connectivity index (χ1n) is 7.79. The Morgan fingerprint density at radius 1 is 0.840 bits per heavy atom. The van der Waals surface area contributed by atoms with E-state index in [2.05, 4.69) is 0 Å². The lowest BCUT2D eigenvalue weighted by atomic mass is 10.2. The Hall–Kier alpha value is -3.40. The number of ether oxygens (including phenoxy) is 2.